The topological polar surface area (TPSA) is 54.5 Å². The number of allylic oxidation sites excluding steroid dienone is 1. The maximum absolute atomic E-state index is 11.7. The van der Waals surface area contributed by atoms with Gasteiger partial charge in [-0.2, -0.15) is 0 Å². The first kappa shape index (κ1) is 9.73. The standard InChI is InChI=1S/C8H8ClNO3S/c1-4-3-10-7(11)6(9)8(10)14(12,13)5(4)2/h3,6,8H,2H2,1H3/t6-,8+/m0/s1. The number of carbonyl (C=O) groups is 1. The molecule has 76 valence electrons. The molecule has 1 amide bonds. The summed E-state index contributed by atoms with van der Waals surface area (Å²) in [4.78, 5) is 12.4. The normalized spacial score (nSPS) is 34.7. The Balaban J connectivity index is 2.57. The van der Waals surface area contributed by atoms with E-state index < -0.39 is 20.6 Å². The van der Waals surface area contributed by atoms with E-state index >= 15 is 0 Å². The number of hydrogen-bond donors (Lipinski definition) is 0. The number of hydrogen-bond acceptors (Lipinski definition) is 3. The number of sulfone groups is 1. The van der Waals surface area contributed by atoms with Gasteiger partial charge in [-0.3, -0.25) is 9.69 Å². The molecule has 2 aliphatic rings. The third-order valence-electron chi connectivity index (χ3n) is 2.45. The zero-order valence-corrected chi connectivity index (χ0v) is 8.97. The van der Waals surface area contributed by atoms with Crippen LogP contribution in [0.15, 0.2) is 23.3 Å². The van der Waals surface area contributed by atoms with Gasteiger partial charge in [-0.1, -0.05) is 6.58 Å². The summed E-state index contributed by atoms with van der Waals surface area (Å²) in [5.41, 5.74) is 0.484. The van der Waals surface area contributed by atoms with Crippen LogP contribution in [0, 0.1) is 0 Å². The van der Waals surface area contributed by atoms with Crippen LogP contribution in [0.1, 0.15) is 6.92 Å². The van der Waals surface area contributed by atoms with Crippen molar-refractivity contribution in [3.05, 3.63) is 23.3 Å². The van der Waals surface area contributed by atoms with Crippen LogP contribution in [-0.2, 0) is 14.6 Å². The maximum Gasteiger partial charge on any atom is 0.249 e. The molecule has 2 aliphatic heterocycles. The van der Waals surface area contributed by atoms with Gasteiger partial charge in [0.1, 0.15) is 5.38 Å². The Labute approximate surface area is 86.8 Å². The molecule has 0 saturated carbocycles. The molecule has 0 aromatic carbocycles. The molecule has 0 spiro atoms. The molecule has 0 unspecified atom stereocenters. The van der Waals surface area contributed by atoms with Crippen molar-refractivity contribution in [3.63, 3.8) is 0 Å². The van der Waals surface area contributed by atoms with Crippen molar-refractivity contribution in [2.45, 2.75) is 17.7 Å². The van der Waals surface area contributed by atoms with Crippen LogP contribution >= 0.6 is 11.6 Å². The van der Waals surface area contributed by atoms with Crippen molar-refractivity contribution >= 4 is 27.3 Å². The molecule has 0 aromatic heterocycles. The molecule has 0 bridgehead atoms. The van der Waals surface area contributed by atoms with Gasteiger partial charge in [0.15, 0.2) is 5.37 Å². The summed E-state index contributed by atoms with van der Waals surface area (Å²) in [6.07, 6.45) is 1.48. The minimum absolute atomic E-state index is 0.0527. The van der Waals surface area contributed by atoms with E-state index in [9.17, 15) is 13.2 Å². The van der Waals surface area contributed by atoms with Crippen molar-refractivity contribution < 1.29 is 13.2 Å². The zero-order chi connectivity index (χ0) is 10.7. The Bertz CT molecular complexity index is 465. The molecule has 1 saturated heterocycles. The number of halogens is 1. The van der Waals surface area contributed by atoms with E-state index in [2.05, 4.69) is 6.58 Å². The Kier molecular flexibility index (Phi) is 1.81. The Hall–Kier alpha value is -0.810. The fourth-order valence-electron chi connectivity index (χ4n) is 1.54. The summed E-state index contributed by atoms with van der Waals surface area (Å²) >= 11 is 5.63. The third-order valence-corrected chi connectivity index (χ3v) is 5.17. The Morgan fingerprint density at radius 2 is 2.14 bits per heavy atom. The largest absolute Gasteiger partial charge is 0.297 e. The number of β-lactam (4-membered cyclic amide) rings is 1. The molecule has 0 aliphatic carbocycles. The lowest BCUT2D eigenvalue weighted by molar-refractivity contribution is -0.137. The highest BCUT2D eigenvalue weighted by molar-refractivity contribution is 7.96. The molecule has 4 nitrogen and oxygen atoms in total. The lowest BCUT2D eigenvalue weighted by Gasteiger charge is -2.44. The third kappa shape index (κ3) is 0.938. The maximum atomic E-state index is 11.7. The second kappa shape index (κ2) is 2.61. The predicted molar refractivity (Wildman–Crippen MR) is 52.1 cm³/mol. The number of rotatable bonds is 0. The van der Waals surface area contributed by atoms with E-state index in [1.807, 2.05) is 0 Å². The number of nitrogens with zero attached hydrogens (tertiary/aromatic N) is 1. The van der Waals surface area contributed by atoms with Crippen molar-refractivity contribution in [1.29, 1.82) is 0 Å². The lowest BCUT2D eigenvalue weighted by atomic mass is 10.2. The summed E-state index contributed by atoms with van der Waals surface area (Å²) in [5.74, 6) is -0.368. The van der Waals surface area contributed by atoms with Crippen LogP contribution < -0.4 is 0 Å². The van der Waals surface area contributed by atoms with Gasteiger partial charge < -0.3 is 0 Å². The first-order chi connectivity index (χ1) is 6.37. The molecular weight excluding hydrogens is 226 g/mol. The summed E-state index contributed by atoms with van der Waals surface area (Å²) in [6.45, 7) is 5.08. The van der Waals surface area contributed by atoms with Crippen LogP contribution in [0.4, 0.5) is 0 Å². The minimum atomic E-state index is -3.52. The molecule has 2 atom stereocenters. The highest BCUT2D eigenvalue weighted by Crippen LogP contribution is 2.39. The second-order valence-electron chi connectivity index (χ2n) is 3.32. The molecule has 14 heavy (non-hydrogen) atoms. The number of carbonyl (C=O) groups excluding carboxylic acids is 1. The number of alkyl halides is 1. The van der Waals surface area contributed by atoms with Gasteiger partial charge in [0.05, 0.1) is 4.91 Å². The van der Waals surface area contributed by atoms with Crippen molar-refractivity contribution in [1.82, 2.24) is 4.90 Å². The average molecular weight is 234 g/mol. The fraction of sp³-hybridized carbons (Fsp3) is 0.375. The molecule has 0 N–H and O–H groups in total. The number of amides is 1. The van der Waals surface area contributed by atoms with Gasteiger partial charge in [0.25, 0.3) is 0 Å². The van der Waals surface area contributed by atoms with E-state index in [0.717, 1.165) is 4.90 Å². The molecule has 0 aromatic rings. The SMILES string of the molecule is C=C1C(C)=CN2C(=O)[C@H](Cl)[C@H]2S1(=O)=O. The van der Waals surface area contributed by atoms with E-state index in [0.29, 0.717) is 5.57 Å². The van der Waals surface area contributed by atoms with E-state index in [-0.39, 0.29) is 10.8 Å². The first-order valence-electron chi connectivity index (χ1n) is 3.95. The Morgan fingerprint density at radius 1 is 1.57 bits per heavy atom. The van der Waals surface area contributed by atoms with Crippen LogP contribution in [0.2, 0.25) is 0 Å². The highest BCUT2D eigenvalue weighted by Gasteiger charge is 2.55. The van der Waals surface area contributed by atoms with Gasteiger partial charge in [0.2, 0.25) is 15.7 Å². The van der Waals surface area contributed by atoms with Crippen molar-refractivity contribution in [2.24, 2.45) is 0 Å². The lowest BCUT2D eigenvalue weighted by Crippen LogP contribution is -2.64. The van der Waals surface area contributed by atoms with Gasteiger partial charge >= 0.3 is 0 Å². The summed E-state index contributed by atoms with van der Waals surface area (Å²) in [6, 6.07) is 0. The van der Waals surface area contributed by atoms with Crippen LogP contribution in [0.3, 0.4) is 0 Å². The summed E-state index contributed by atoms with van der Waals surface area (Å²) < 4.78 is 23.4. The van der Waals surface area contributed by atoms with Crippen LogP contribution in [0.5, 0.6) is 0 Å². The van der Waals surface area contributed by atoms with Gasteiger partial charge in [-0.15, -0.1) is 11.6 Å². The van der Waals surface area contributed by atoms with Gasteiger partial charge in [-0.05, 0) is 12.5 Å². The predicted octanol–water partition coefficient (Wildman–Crippen LogP) is 0.608. The molecule has 0 radical (unpaired) electrons. The van der Waals surface area contributed by atoms with E-state index in [4.69, 9.17) is 11.6 Å². The van der Waals surface area contributed by atoms with Crippen molar-refractivity contribution in [2.75, 3.05) is 0 Å². The molecule has 6 heteroatoms. The van der Waals surface area contributed by atoms with Crippen LogP contribution in [0.25, 0.3) is 0 Å². The monoisotopic (exact) mass is 233 g/mol. The smallest absolute Gasteiger partial charge is 0.249 e. The quantitative estimate of drug-likeness (QED) is 0.455. The minimum Gasteiger partial charge on any atom is -0.297 e. The summed E-state index contributed by atoms with van der Waals surface area (Å²) in [5, 5.41) is -1.92. The molecule has 2 rings (SSSR count). The van der Waals surface area contributed by atoms with Gasteiger partial charge in [0, 0.05) is 6.20 Å². The fourth-order valence-corrected chi connectivity index (χ4v) is 3.87. The molecule has 2 heterocycles. The van der Waals surface area contributed by atoms with Gasteiger partial charge in [-0.25, -0.2) is 8.42 Å². The zero-order valence-electron chi connectivity index (χ0n) is 7.40. The second-order valence-corrected chi connectivity index (χ2v) is 5.85. The van der Waals surface area contributed by atoms with E-state index in [1.165, 1.54) is 6.20 Å². The summed E-state index contributed by atoms with van der Waals surface area (Å²) in [7, 11) is -3.52. The Morgan fingerprint density at radius 3 is 2.71 bits per heavy atom. The van der Waals surface area contributed by atoms with Crippen molar-refractivity contribution in [3.8, 4) is 0 Å². The van der Waals surface area contributed by atoms with Crippen LogP contribution in [-0.4, -0.2) is 30.0 Å². The van der Waals surface area contributed by atoms with E-state index in [1.54, 1.807) is 6.92 Å². The number of fused-ring (bicyclic) bond motifs is 1. The molecular formula is C8H8ClNO3S. The highest BCUT2D eigenvalue weighted by atomic mass is 35.5. The molecule has 1 fully saturated rings. The average Bonchev–Trinajstić information content (AvgIpc) is 2.12. The first-order valence-corrected chi connectivity index (χ1v) is 5.93.